The van der Waals surface area contributed by atoms with Crippen LogP contribution in [0.25, 0.3) is 0 Å². The van der Waals surface area contributed by atoms with Crippen molar-refractivity contribution in [2.24, 2.45) is 0 Å². The monoisotopic (exact) mass is 370 g/mol. The van der Waals surface area contributed by atoms with Crippen molar-refractivity contribution in [1.82, 2.24) is 5.32 Å². The Balaban J connectivity index is 2.04. The average molecular weight is 370 g/mol. The number of anilines is 1. The van der Waals surface area contributed by atoms with Gasteiger partial charge >= 0.3 is 11.8 Å². The first-order valence-corrected chi connectivity index (χ1v) is 9.26. The summed E-state index contributed by atoms with van der Waals surface area (Å²) in [6, 6.07) is 12.3. The molecule has 0 atom stereocenters. The minimum absolute atomic E-state index is 0.191. The van der Waals surface area contributed by atoms with Crippen molar-refractivity contribution in [2.45, 2.75) is 46.0 Å². The van der Waals surface area contributed by atoms with E-state index in [1.54, 1.807) is 18.2 Å². The fourth-order valence-electron chi connectivity index (χ4n) is 2.96. The maximum Gasteiger partial charge on any atom is 0.313 e. The van der Waals surface area contributed by atoms with Crippen molar-refractivity contribution in [2.75, 3.05) is 11.9 Å². The van der Waals surface area contributed by atoms with Gasteiger partial charge in [-0.05, 0) is 41.0 Å². The number of benzene rings is 2. The highest BCUT2D eigenvalue weighted by molar-refractivity contribution is 6.39. The molecule has 0 heterocycles. The summed E-state index contributed by atoms with van der Waals surface area (Å²) < 4.78 is 13.6. The van der Waals surface area contributed by atoms with Crippen molar-refractivity contribution < 1.29 is 14.0 Å². The first-order chi connectivity index (χ1) is 12.8. The van der Waals surface area contributed by atoms with Gasteiger partial charge in [0.2, 0.25) is 0 Å². The molecule has 0 saturated carbocycles. The molecule has 0 bridgehead atoms. The molecule has 0 aliphatic carbocycles. The summed E-state index contributed by atoms with van der Waals surface area (Å²) in [7, 11) is 0. The van der Waals surface area contributed by atoms with Crippen molar-refractivity contribution in [3.05, 3.63) is 65.0 Å². The molecule has 0 unspecified atom stereocenters. The normalized spacial score (nSPS) is 10.9. The Morgan fingerprint density at radius 1 is 0.889 bits per heavy atom. The highest BCUT2D eigenvalue weighted by Crippen LogP contribution is 2.32. The van der Waals surface area contributed by atoms with Gasteiger partial charge in [0.15, 0.2) is 0 Å². The van der Waals surface area contributed by atoms with Crippen LogP contribution in [0.5, 0.6) is 0 Å². The van der Waals surface area contributed by atoms with Gasteiger partial charge in [-0.1, -0.05) is 64.1 Å². The van der Waals surface area contributed by atoms with Crippen LogP contribution < -0.4 is 10.6 Å². The van der Waals surface area contributed by atoms with E-state index < -0.39 is 11.8 Å². The Hall–Kier alpha value is -2.69. The van der Waals surface area contributed by atoms with Gasteiger partial charge in [0, 0.05) is 12.2 Å². The van der Waals surface area contributed by atoms with Crippen molar-refractivity contribution in [3.63, 3.8) is 0 Å². The molecule has 0 spiro atoms. The first-order valence-electron chi connectivity index (χ1n) is 9.26. The van der Waals surface area contributed by atoms with Crippen molar-refractivity contribution in [3.8, 4) is 0 Å². The van der Waals surface area contributed by atoms with E-state index in [2.05, 4.69) is 10.6 Å². The van der Waals surface area contributed by atoms with Gasteiger partial charge < -0.3 is 10.6 Å². The maximum absolute atomic E-state index is 13.6. The van der Waals surface area contributed by atoms with Crippen molar-refractivity contribution >= 4 is 17.5 Å². The van der Waals surface area contributed by atoms with E-state index in [0.29, 0.717) is 17.7 Å². The van der Waals surface area contributed by atoms with Crippen LogP contribution in [0.3, 0.4) is 0 Å². The highest BCUT2D eigenvalue weighted by atomic mass is 19.1. The third kappa shape index (κ3) is 5.39. The predicted octanol–water partition coefficient (Wildman–Crippen LogP) is 4.37. The molecule has 27 heavy (non-hydrogen) atoms. The van der Waals surface area contributed by atoms with Gasteiger partial charge in [-0.2, -0.15) is 0 Å². The van der Waals surface area contributed by atoms with E-state index in [9.17, 15) is 14.0 Å². The molecule has 0 aromatic heterocycles. The fourth-order valence-corrected chi connectivity index (χ4v) is 2.96. The van der Waals surface area contributed by atoms with Crippen LogP contribution >= 0.6 is 0 Å². The second-order valence-electron chi connectivity index (χ2n) is 7.17. The van der Waals surface area contributed by atoms with Crippen LogP contribution in [0.4, 0.5) is 10.1 Å². The number of amides is 2. The van der Waals surface area contributed by atoms with Gasteiger partial charge in [-0.25, -0.2) is 4.39 Å². The minimum Gasteiger partial charge on any atom is -0.347 e. The molecule has 0 aliphatic heterocycles. The summed E-state index contributed by atoms with van der Waals surface area (Å²) in [5.41, 5.74) is 3.20. The smallest absolute Gasteiger partial charge is 0.313 e. The fraction of sp³-hybridized carbons (Fsp3) is 0.364. The molecule has 2 N–H and O–H groups in total. The lowest BCUT2D eigenvalue weighted by molar-refractivity contribution is -0.136. The van der Waals surface area contributed by atoms with Gasteiger partial charge in [-0.15, -0.1) is 0 Å². The number of carbonyl (C=O) groups is 2. The van der Waals surface area contributed by atoms with Gasteiger partial charge in [0.25, 0.3) is 0 Å². The summed E-state index contributed by atoms with van der Waals surface area (Å²) in [5, 5.41) is 5.33. The van der Waals surface area contributed by atoms with Crippen LogP contribution in [0.2, 0.25) is 0 Å². The summed E-state index contributed by atoms with van der Waals surface area (Å²) in [5.74, 6) is -1.33. The van der Waals surface area contributed by atoms with Gasteiger partial charge in [-0.3, -0.25) is 9.59 Å². The lowest BCUT2D eigenvalue weighted by atomic mass is 9.92. The number of carbonyl (C=O) groups excluding carboxylic acids is 2. The number of nitrogens with one attached hydrogen (secondary N) is 2. The minimum atomic E-state index is -0.723. The van der Waals surface area contributed by atoms with Crippen LogP contribution in [0.1, 0.15) is 56.2 Å². The largest absolute Gasteiger partial charge is 0.347 e. The summed E-state index contributed by atoms with van der Waals surface area (Å²) in [6.07, 6.45) is 0.325. The molecule has 2 amide bonds. The number of rotatable bonds is 6. The van der Waals surface area contributed by atoms with Crippen LogP contribution in [-0.4, -0.2) is 18.4 Å². The zero-order chi connectivity index (χ0) is 20.0. The van der Waals surface area contributed by atoms with Crippen LogP contribution in [0.15, 0.2) is 42.5 Å². The first kappa shape index (κ1) is 20.6. The van der Waals surface area contributed by atoms with E-state index in [1.807, 2.05) is 45.9 Å². The Labute approximate surface area is 160 Å². The molecule has 0 saturated heterocycles. The SMILES string of the molecule is CC(C)c1cccc(C(C)C)c1NC(=O)C(=O)NCCc1ccccc1F. The second kappa shape index (κ2) is 9.31. The van der Waals surface area contributed by atoms with E-state index in [4.69, 9.17) is 0 Å². The zero-order valence-corrected chi connectivity index (χ0v) is 16.3. The topological polar surface area (TPSA) is 58.2 Å². The molecule has 0 fully saturated rings. The molecular weight excluding hydrogens is 343 g/mol. The number of hydrogen-bond acceptors (Lipinski definition) is 2. The zero-order valence-electron chi connectivity index (χ0n) is 16.3. The Kier molecular flexibility index (Phi) is 7.11. The van der Waals surface area contributed by atoms with E-state index >= 15 is 0 Å². The molecule has 2 aromatic carbocycles. The lowest BCUT2D eigenvalue weighted by Crippen LogP contribution is -2.37. The average Bonchev–Trinajstić information content (AvgIpc) is 2.62. The predicted molar refractivity (Wildman–Crippen MR) is 106 cm³/mol. The molecule has 4 nitrogen and oxygen atoms in total. The molecule has 0 radical (unpaired) electrons. The van der Waals surface area contributed by atoms with Crippen LogP contribution in [0, 0.1) is 5.82 Å². The molecule has 2 aromatic rings. The summed E-state index contributed by atoms with van der Waals surface area (Å²) in [4.78, 5) is 24.5. The summed E-state index contributed by atoms with van der Waals surface area (Å²) >= 11 is 0. The lowest BCUT2D eigenvalue weighted by Gasteiger charge is -2.20. The number of para-hydroxylation sites is 1. The standard InChI is InChI=1S/C22H27FN2O2/c1-14(2)17-9-7-10-18(15(3)4)20(17)25-22(27)21(26)24-13-12-16-8-5-6-11-19(16)23/h5-11,14-15H,12-13H2,1-4H3,(H,24,26)(H,25,27). The Morgan fingerprint density at radius 3 is 2.04 bits per heavy atom. The third-order valence-corrected chi connectivity index (χ3v) is 4.46. The second-order valence-corrected chi connectivity index (χ2v) is 7.17. The molecule has 0 aliphatic rings. The van der Waals surface area contributed by atoms with E-state index in [-0.39, 0.29) is 24.2 Å². The summed E-state index contributed by atoms with van der Waals surface area (Å²) in [6.45, 7) is 8.37. The van der Waals surface area contributed by atoms with E-state index in [1.165, 1.54) is 6.07 Å². The molecule has 5 heteroatoms. The molecular formula is C22H27FN2O2. The van der Waals surface area contributed by atoms with Crippen molar-refractivity contribution in [1.29, 1.82) is 0 Å². The molecule has 2 rings (SSSR count). The number of halogens is 1. The van der Waals surface area contributed by atoms with Gasteiger partial charge in [0.1, 0.15) is 5.82 Å². The Bertz CT molecular complexity index is 789. The molecule has 144 valence electrons. The quantitative estimate of drug-likeness (QED) is 0.742. The Morgan fingerprint density at radius 2 is 1.48 bits per heavy atom. The number of hydrogen-bond donors (Lipinski definition) is 2. The van der Waals surface area contributed by atoms with E-state index in [0.717, 1.165) is 11.1 Å². The third-order valence-electron chi connectivity index (χ3n) is 4.46. The maximum atomic E-state index is 13.6. The van der Waals surface area contributed by atoms with Crippen LogP contribution in [-0.2, 0) is 16.0 Å². The van der Waals surface area contributed by atoms with Gasteiger partial charge in [0.05, 0.1) is 0 Å². The highest BCUT2D eigenvalue weighted by Gasteiger charge is 2.19.